The summed E-state index contributed by atoms with van der Waals surface area (Å²) < 4.78 is 0. The summed E-state index contributed by atoms with van der Waals surface area (Å²) in [7, 11) is 1.66. The Morgan fingerprint density at radius 2 is 2.38 bits per heavy atom. The Hall–Kier alpha value is -1.33. The van der Waals surface area contributed by atoms with Gasteiger partial charge in [-0.15, -0.1) is 0 Å². The van der Waals surface area contributed by atoms with Crippen molar-refractivity contribution in [1.82, 2.24) is 10.4 Å². The number of aromatic carboxylic acids is 1. The number of hydrazine groups is 1. The predicted octanol–water partition coefficient (Wildman–Crippen LogP) is 0.979. The highest BCUT2D eigenvalue weighted by Gasteiger charge is 2.07. The lowest BCUT2D eigenvalue weighted by molar-refractivity contribution is 0.0696. The van der Waals surface area contributed by atoms with Gasteiger partial charge in [0.2, 0.25) is 0 Å². The predicted molar refractivity (Wildman–Crippen MR) is 48.9 cm³/mol. The van der Waals surface area contributed by atoms with Gasteiger partial charge < -0.3 is 10.5 Å². The monoisotopic (exact) mass is 201 g/mol. The van der Waals surface area contributed by atoms with Crippen LogP contribution in [0.5, 0.6) is 0 Å². The van der Waals surface area contributed by atoms with Gasteiger partial charge in [0.15, 0.2) is 5.82 Å². The molecule has 0 saturated heterocycles. The first-order chi connectivity index (χ1) is 6.15. The molecule has 1 aromatic rings. The maximum Gasteiger partial charge on any atom is 0.337 e. The Kier molecular flexibility index (Phi) is 3.05. The van der Waals surface area contributed by atoms with Crippen LogP contribution < -0.4 is 10.9 Å². The quantitative estimate of drug-likeness (QED) is 0.636. The average molecular weight is 202 g/mol. The zero-order valence-electron chi connectivity index (χ0n) is 6.84. The lowest BCUT2D eigenvalue weighted by Crippen LogP contribution is -2.16. The summed E-state index contributed by atoms with van der Waals surface area (Å²) in [5.41, 5.74) is 5.35. The van der Waals surface area contributed by atoms with Crippen molar-refractivity contribution in [2.24, 2.45) is 0 Å². The van der Waals surface area contributed by atoms with Gasteiger partial charge in [0.1, 0.15) is 0 Å². The molecule has 1 aromatic heterocycles. The summed E-state index contributed by atoms with van der Waals surface area (Å²) in [6.45, 7) is 0. The highest BCUT2D eigenvalue weighted by atomic mass is 35.5. The minimum absolute atomic E-state index is 0.0617. The number of halogens is 1. The highest BCUT2D eigenvalue weighted by molar-refractivity contribution is 6.33. The summed E-state index contributed by atoms with van der Waals surface area (Å²) in [5.74, 6) is -0.653. The number of anilines is 1. The number of pyridine rings is 1. The van der Waals surface area contributed by atoms with Crippen molar-refractivity contribution in [3.63, 3.8) is 0 Å². The number of hydrogen-bond acceptors (Lipinski definition) is 4. The summed E-state index contributed by atoms with van der Waals surface area (Å²) in [4.78, 5) is 14.3. The van der Waals surface area contributed by atoms with Gasteiger partial charge in [-0.1, -0.05) is 11.6 Å². The van der Waals surface area contributed by atoms with Gasteiger partial charge in [-0.3, -0.25) is 0 Å². The first-order valence-corrected chi connectivity index (χ1v) is 3.84. The summed E-state index contributed by atoms with van der Waals surface area (Å²) in [6.07, 6.45) is 1.23. The first-order valence-electron chi connectivity index (χ1n) is 3.46. The average Bonchev–Trinajstić information content (AvgIpc) is 2.08. The molecule has 0 bridgehead atoms. The third kappa shape index (κ3) is 2.30. The molecule has 0 radical (unpaired) electrons. The van der Waals surface area contributed by atoms with Gasteiger partial charge in [-0.2, -0.15) is 0 Å². The fourth-order valence-electron chi connectivity index (χ4n) is 0.765. The number of aromatic nitrogens is 1. The Morgan fingerprint density at radius 1 is 1.69 bits per heavy atom. The van der Waals surface area contributed by atoms with E-state index in [-0.39, 0.29) is 10.6 Å². The van der Waals surface area contributed by atoms with E-state index in [0.29, 0.717) is 5.82 Å². The van der Waals surface area contributed by atoms with Crippen LogP contribution in [0.3, 0.4) is 0 Å². The topological polar surface area (TPSA) is 74.2 Å². The number of rotatable bonds is 3. The standard InChI is InChI=1S/C7H8ClN3O2/c1-9-11-6-5(8)2-4(3-10-6)7(12)13/h2-3,9H,1H3,(H,10,11)(H,12,13). The van der Waals surface area contributed by atoms with E-state index < -0.39 is 5.97 Å². The molecular weight excluding hydrogens is 194 g/mol. The molecule has 13 heavy (non-hydrogen) atoms. The van der Waals surface area contributed by atoms with Gasteiger partial charge in [-0.25, -0.2) is 15.2 Å². The van der Waals surface area contributed by atoms with Crippen LogP contribution in [0.25, 0.3) is 0 Å². The fraction of sp³-hybridized carbons (Fsp3) is 0.143. The number of carbonyl (C=O) groups is 1. The SMILES string of the molecule is CNNc1ncc(C(=O)O)cc1Cl. The van der Waals surface area contributed by atoms with Crippen molar-refractivity contribution in [1.29, 1.82) is 0 Å². The number of nitrogens with zero attached hydrogens (tertiary/aromatic N) is 1. The van der Waals surface area contributed by atoms with Crippen LogP contribution in [-0.4, -0.2) is 23.1 Å². The fourth-order valence-corrected chi connectivity index (χ4v) is 0.979. The molecule has 0 aliphatic rings. The molecule has 0 atom stereocenters. The highest BCUT2D eigenvalue weighted by Crippen LogP contribution is 2.18. The second-order valence-electron chi connectivity index (χ2n) is 2.23. The molecule has 0 aromatic carbocycles. The molecule has 3 N–H and O–H groups in total. The molecule has 1 heterocycles. The maximum absolute atomic E-state index is 10.5. The van der Waals surface area contributed by atoms with E-state index in [1.165, 1.54) is 12.3 Å². The third-order valence-corrected chi connectivity index (χ3v) is 1.62. The maximum atomic E-state index is 10.5. The van der Waals surface area contributed by atoms with Crippen molar-refractivity contribution in [2.45, 2.75) is 0 Å². The number of carboxylic acid groups (broad SMARTS) is 1. The van der Waals surface area contributed by atoms with Gasteiger partial charge in [-0.05, 0) is 6.07 Å². The molecular formula is C7H8ClN3O2. The minimum atomic E-state index is -1.05. The normalized spacial score (nSPS) is 9.69. The summed E-state index contributed by atoms with van der Waals surface area (Å²) >= 11 is 5.72. The minimum Gasteiger partial charge on any atom is -0.478 e. The molecule has 70 valence electrons. The van der Waals surface area contributed by atoms with E-state index in [1.807, 2.05) is 0 Å². The molecule has 0 fully saturated rings. The van der Waals surface area contributed by atoms with Crippen molar-refractivity contribution in [3.8, 4) is 0 Å². The van der Waals surface area contributed by atoms with E-state index >= 15 is 0 Å². The lowest BCUT2D eigenvalue weighted by Gasteiger charge is -2.05. The van der Waals surface area contributed by atoms with Crippen LogP contribution in [0.2, 0.25) is 5.02 Å². The molecule has 6 heteroatoms. The van der Waals surface area contributed by atoms with Crippen LogP contribution >= 0.6 is 11.6 Å². The number of carboxylic acids is 1. The molecule has 0 unspecified atom stereocenters. The largest absolute Gasteiger partial charge is 0.478 e. The first kappa shape index (κ1) is 9.76. The van der Waals surface area contributed by atoms with Gasteiger partial charge >= 0.3 is 5.97 Å². The van der Waals surface area contributed by atoms with Crippen molar-refractivity contribution >= 4 is 23.4 Å². The van der Waals surface area contributed by atoms with E-state index in [9.17, 15) is 4.79 Å². The molecule has 5 nitrogen and oxygen atoms in total. The third-order valence-electron chi connectivity index (χ3n) is 1.33. The zero-order valence-corrected chi connectivity index (χ0v) is 7.59. The Balaban J connectivity index is 2.98. The summed E-state index contributed by atoms with van der Waals surface area (Å²) in [5, 5.41) is 8.85. The number of hydrogen-bond donors (Lipinski definition) is 3. The molecule has 0 aliphatic carbocycles. The van der Waals surface area contributed by atoms with Gasteiger partial charge in [0, 0.05) is 13.2 Å². The van der Waals surface area contributed by atoms with Crippen LogP contribution in [0, 0.1) is 0 Å². The van der Waals surface area contributed by atoms with E-state index in [1.54, 1.807) is 7.05 Å². The molecule has 1 rings (SSSR count). The Labute approximate surface area is 79.7 Å². The van der Waals surface area contributed by atoms with E-state index in [2.05, 4.69) is 15.8 Å². The van der Waals surface area contributed by atoms with Crippen LogP contribution in [0.4, 0.5) is 5.82 Å². The lowest BCUT2D eigenvalue weighted by atomic mass is 10.3. The van der Waals surface area contributed by atoms with E-state index in [0.717, 1.165) is 0 Å². The molecule has 0 spiro atoms. The van der Waals surface area contributed by atoms with Gasteiger partial charge in [0.25, 0.3) is 0 Å². The van der Waals surface area contributed by atoms with Crippen molar-refractivity contribution in [2.75, 3.05) is 12.5 Å². The molecule has 0 saturated carbocycles. The number of nitrogens with one attached hydrogen (secondary N) is 2. The second kappa shape index (κ2) is 4.06. The van der Waals surface area contributed by atoms with Crippen LogP contribution in [0.1, 0.15) is 10.4 Å². The van der Waals surface area contributed by atoms with E-state index in [4.69, 9.17) is 16.7 Å². The Morgan fingerprint density at radius 3 is 2.85 bits per heavy atom. The second-order valence-corrected chi connectivity index (χ2v) is 2.64. The molecule has 0 aliphatic heterocycles. The van der Waals surface area contributed by atoms with Crippen LogP contribution in [0.15, 0.2) is 12.3 Å². The molecule has 0 amide bonds. The smallest absolute Gasteiger partial charge is 0.337 e. The Bertz CT molecular complexity index is 330. The van der Waals surface area contributed by atoms with Crippen LogP contribution in [-0.2, 0) is 0 Å². The zero-order chi connectivity index (χ0) is 9.84. The summed E-state index contributed by atoms with van der Waals surface area (Å²) in [6, 6.07) is 1.33. The van der Waals surface area contributed by atoms with Crippen molar-refractivity contribution in [3.05, 3.63) is 22.8 Å². The van der Waals surface area contributed by atoms with Gasteiger partial charge in [0.05, 0.1) is 10.6 Å². The van der Waals surface area contributed by atoms with Crippen molar-refractivity contribution < 1.29 is 9.90 Å².